The van der Waals surface area contributed by atoms with Gasteiger partial charge in [-0.05, 0) is 0 Å². The Balaban J connectivity index is 2.27. The number of amides is 1. The van der Waals surface area contributed by atoms with Crippen molar-refractivity contribution in [3.05, 3.63) is 16.6 Å². The Bertz CT molecular complexity index is 236. The van der Waals surface area contributed by atoms with E-state index in [0.29, 0.717) is 13.0 Å². The molecule has 0 aromatic carbocycles. The van der Waals surface area contributed by atoms with E-state index in [-0.39, 0.29) is 12.5 Å². The van der Waals surface area contributed by atoms with Crippen LogP contribution in [-0.2, 0) is 11.2 Å². The van der Waals surface area contributed by atoms with Crippen LogP contribution in [0.5, 0.6) is 0 Å². The zero-order chi connectivity index (χ0) is 8.81. The van der Waals surface area contributed by atoms with Gasteiger partial charge in [0, 0.05) is 11.9 Å². The van der Waals surface area contributed by atoms with Crippen molar-refractivity contribution in [1.82, 2.24) is 10.3 Å². The van der Waals surface area contributed by atoms with Crippen LogP contribution in [0.4, 0.5) is 0 Å². The molecule has 0 saturated carbocycles. The molecule has 2 N–H and O–H groups in total. The maximum absolute atomic E-state index is 11.0. The van der Waals surface area contributed by atoms with Crippen molar-refractivity contribution in [2.45, 2.75) is 6.42 Å². The summed E-state index contributed by atoms with van der Waals surface area (Å²) in [5.41, 5.74) is 2.46. The Hall–Kier alpha value is -0.940. The fourth-order valence-electron chi connectivity index (χ4n) is 0.747. The van der Waals surface area contributed by atoms with Gasteiger partial charge in [0.05, 0.1) is 24.2 Å². The maximum Gasteiger partial charge on any atom is 0.226 e. The number of thiazole rings is 1. The Morgan fingerprint density at radius 3 is 3.17 bits per heavy atom. The van der Waals surface area contributed by atoms with Crippen molar-refractivity contribution in [1.29, 1.82) is 0 Å². The Morgan fingerprint density at radius 1 is 1.75 bits per heavy atom. The number of aliphatic hydroxyl groups is 1. The van der Waals surface area contributed by atoms with E-state index in [1.807, 2.05) is 5.38 Å². The Labute approximate surface area is 74.3 Å². The van der Waals surface area contributed by atoms with Gasteiger partial charge in [-0.1, -0.05) is 0 Å². The molecule has 0 aliphatic heterocycles. The zero-order valence-corrected chi connectivity index (χ0v) is 7.30. The molecule has 0 spiro atoms. The molecule has 0 radical (unpaired) electrons. The van der Waals surface area contributed by atoms with Gasteiger partial charge in [-0.3, -0.25) is 4.79 Å². The zero-order valence-electron chi connectivity index (χ0n) is 6.49. The second kappa shape index (κ2) is 4.84. The highest BCUT2D eigenvalue weighted by Gasteiger charge is 2.02. The first-order chi connectivity index (χ1) is 5.83. The van der Waals surface area contributed by atoms with E-state index in [4.69, 9.17) is 5.11 Å². The lowest BCUT2D eigenvalue weighted by atomic mass is 10.3. The van der Waals surface area contributed by atoms with Gasteiger partial charge in [-0.25, -0.2) is 4.98 Å². The van der Waals surface area contributed by atoms with Gasteiger partial charge in [0.1, 0.15) is 0 Å². The van der Waals surface area contributed by atoms with Crippen molar-refractivity contribution in [2.24, 2.45) is 0 Å². The highest BCUT2D eigenvalue weighted by molar-refractivity contribution is 7.07. The molecule has 5 heteroatoms. The number of aliphatic hydroxyl groups excluding tert-OH is 1. The van der Waals surface area contributed by atoms with Crippen molar-refractivity contribution >= 4 is 17.2 Å². The van der Waals surface area contributed by atoms with Crippen molar-refractivity contribution in [3.63, 3.8) is 0 Å². The van der Waals surface area contributed by atoms with Crippen LogP contribution in [0.15, 0.2) is 10.9 Å². The number of hydrogen-bond acceptors (Lipinski definition) is 4. The topological polar surface area (TPSA) is 62.2 Å². The molecule has 0 aliphatic rings. The summed E-state index contributed by atoms with van der Waals surface area (Å²) in [6.07, 6.45) is 0.295. The fourth-order valence-corrected chi connectivity index (χ4v) is 1.31. The molecule has 12 heavy (non-hydrogen) atoms. The molecule has 1 aromatic rings. The lowest BCUT2D eigenvalue weighted by Crippen LogP contribution is -2.27. The molecule has 66 valence electrons. The number of rotatable bonds is 4. The van der Waals surface area contributed by atoms with E-state index in [1.165, 1.54) is 11.3 Å². The second-order valence-electron chi connectivity index (χ2n) is 2.23. The van der Waals surface area contributed by atoms with E-state index in [2.05, 4.69) is 10.3 Å². The molecule has 1 heterocycles. The van der Waals surface area contributed by atoms with E-state index >= 15 is 0 Å². The monoisotopic (exact) mass is 186 g/mol. The minimum Gasteiger partial charge on any atom is -0.395 e. The SMILES string of the molecule is O=C(Cc1cscn1)NCCO. The van der Waals surface area contributed by atoms with Crippen molar-refractivity contribution in [3.8, 4) is 0 Å². The predicted octanol–water partition coefficient (Wildman–Crippen LogP) is -0.206. The first kappa shape index (κ1) is 9.15. The highest BCUT2D eigenvalue weighted by atomic mass is 32.1. The van der Waals surface area contributed by atoms with Crippen LogP contribution in [-0.4, -0.2) is 29.1 Å². The number of nitrogens with one attached hydrogen (secondary N) is 1. The van der Waals surface area contributed by atoms with Crippen LogP contribution in [0, 0.1) is 0 Å². The summed E-state index contributed by atoms with van der Waals surface area (Å²) in [4.78, 5) is 15.0. The molecule has 1 aromatic heterocycles. The summed E-state index contributed by atoms with van der Waals surface area (Å²) in [6, 6.07) is 0. The molecule has 0 unspecified atom stereocenters. The largest absolute Gasteiger partial charge is 0.395 e. The second-order valence-corrected chi connectivity index (χ2v) is 2.95. The minimum atomic E-state index is -0.102. The lowest BCUT2D eigenvalue weighted by Gasteiger charge is -1.99. The van der Waals surface area contributed by atoms with Crippen LogP contribution in [0.2, 0.25) is 0 Å². The van der Waals surface area contributed by atoms with E-state index in [9.17, 15) is 4.79 Å². The molecular formula is C7H10N2O2S. The van der Waals surface area contributed by atoms with E-state index < -0.39 is 0 Å². The highest BCUT2D eigenvalue weighted by Crippen LogP contribution is 2.00. The van der Waals surface area contributed by atoms with Crippen LogP contribution >= 0.6 is 11.3 Å². The van der Waals surface area contributed by atoms with Crippen molar-refractivity contribution < 1.29 is 9.90 Å². The summed E-state index contributed by atoms with van der Waals surface area (Å²) >= 11 is 1.46. The van der Waals surface area contributed by atoms with Gasteiger partial charge < -0.3 is 10.4 Å². The number of carbonyl (C=O) groups is 1. The fraction of sp³-hybridized carbons (Fsp3) is 0.429. The molecule has 1 amide bonds. The third-order valence-electron chi connectivity index (χ3n) is 1.26. The Kier molecular flexibility index (Phi) is 3.69. The van der Waals surface area contributed by atoms with Gasteiger partial charge in [0.2, 0.25) is 5.91 Å². The van der Waals surface area contributed by atoms with Crippen LogP contribution < -0.4 is 5.32 Å². The molecule has 4 nitrogen and oxygen atoms in total. The van der Waals surface area contributed by atoms with E-state index in [0.717, 1.165) is 5.69 Å². The average Bonchev–Trinajstić information content (AvgIpc) is 2.53. The van der Waals surface area contributed by atoms with Crippen LogP contribution in [0.1, 0.15) is 5.69 Å². The maximum atomic E-state index is 11.0. The van der Waals surface area contributed by atoms with Gasteiger partial charge in [0.15, 0.2) is 0 Å². The molecule has 0 bridgehead atoms. The van der Waals surface area contributed by atoms with Crippen LogP contribution in [0.25, 0.3) is 0 Å². The first-order valence-corrected chi connectivity index (χ1v) is 4.52. The van der Waals surface area contributed by atoms with Crippen molar-refractivity contribution in [2.75, 3.05) is 13.2 Å². The average molecular weight is 186 g/mol. The normalized spacial score (nSPS) is 9.75. The number of carbonyl (C=O) groups excluding carboxylic acids is 1. The summed E-state index contributed by atoms with van der Waals surface area (Å²) in [5.74, 6) is -0.102. The number of aromatic nitrogens is 1. The molecule has 1 rings (SSSR count). The van der Waals surface area contributed by atoms with Gasteiger partial charge in [0.25, 0.3) is 0 Å². The summed E-state index contributed by atoms with van der Waals surface area (Å²) in [6.45, 7) is 0.284. The molecule has 0 aliphatic carbocycles. The smallest absolute Gasteiger partial charge is 0.226 e. The predicted molar refractivity (Wildman–Crippen MR) is 45.9 cm³/mol. The number of nitrogens with zero attached hydrogens (tertiary/aromatic N) is 1. The Morgan fingerprint density at radius 2 is 2.58 bits per heavy atom. The number of hydrogen-bond donors (Lipinski definition) is 2. The lowest BCUT2D eigenvalue weighted by molar-refractivity contribution is -0.120. The molecule has 0 saturated heterocycles. The summed E-state index contributed by atoms with van der Waals surface area (Å²) in [5, 5.41) is 12.8. The third-order valence-corrected chi connectivity index (χ3v) is 1.89. The van der Waals surface area contributed by atoms with Gasteiger partial charge >= 0.3 is 0 Å². The molecular weight excluding hydrogens is 176 g/mol. The standard InChI is InChI=1S/C7H10N2O2S/c10-2-1-8-7(11)3-6-4-12-5-9-6/h4-5,10H,1-3H2,(H,8,11). The molecule has 0 atom stereocenters. The van der Waals surface area contributed by atoms with Gasteiger partial charge in [-0.15, -0.1) is 11.3 Å². The third kappa shape index (κ3) is 2.98. The van der Waals surface area contributed by atoms with Gasteiger partial charge in [-0.2, -0.15) is 0 Å². The quantitative estimate of drug-likeness (QED) is 0.684. The van der Waals surface area contributed by atoms with E-state index in [1.54, 1.807) is 5.51 Å². The first-order valence-electron chi connectivity index (χ1n) is 3.57. The summed E-state index contributed by atoms with van der Waals surface area (Å²) < 4.78 is 0. The summed E-state index contributed by atoms with van der Waals surface area (Å²) in [7, 11) is 0. The van der Waals surface area contributed by atoms with Crippen LogP contribution in [0.3, 0.4) is 0 Å². The minimum absolute atomic E-state index is 0.0250. The molecule has 0 fully saturated rings.